The van der Waals surface area contributed by atoms with Crippen molar-refractivity contribution in [3.63, 3.8) is 0 Å². The summed E-state index contributed by atoms with van der Waals surface area (Å²) in [5, 5.41) is 2.77. The van der Waals surface area contributed by atoms with Gasteiger partial charge in [0.05, 0.1) is 6.33 Å². The van der Waals surface area contributed by atoms with E-state index < -0.39 is 0 Å². The van der Waals surface area contributed by atoms with E-state index in [2.05, 4.69) is 10.3 Å². The highest BCUT2D eigenvalue weighted by molar-refractivity contribution is 6.04. The molecule has 2 atom stereocenters. The fourth-order valence-electron chi connectivity index (χ4n) is 2.20. The lowest BCUT2D eigenvalue weighted by atomic mass is 9.99. The fourth-order valence-corrected chi connectivity index (χ4v) is 2.20. The van der Waals surface area contributed by atoms with Crippen LogP contribution in [0.5, 0.6) is 0 Å². The van der Waals surface area contributed by atoms with Crippen LogP contribution in [0.3, 0.4) is 0 Å². The summed E-state index contributed by atoms with van der Waals surface area (Å²) in [7, 11) is 0. The lowest BCUT2D eigenvalue weighted by molar-refractivity contribution is -0.128. The van der Waals surface area contributed by atoms with E-state index in [0.717, 1.165) is 19.4 Å². The van der Waals surface area contributed by atoms with Crippen LogP contribution in [-0.2, 0) is 11.3 Å². The van der Waals surface area contributed by atoms with E-state index in [1.165, 1.54) is 4.90 Å². The van der Waals surface area contributed by atoms with Gasteiger partial charge in [0.1, 0.15) is 6.04 Å². The second-order valence-corrected chi connectivity index (χ2v) is 4.96. The van der Waals surface area contributed by atoms with Gasteiger partial charge in [-0.2, -0.15) is 0 Å². The van der Waals surface area contributed by atoms with Gasteiger partial charge in [0.2, 0.25) is 0 Å². The molecule has 1 N–H and O–H groups in total. The molecular weight excluding hydrogens is 244 g/mol. The first kappa shape index (κ1) is 13.6. The van der Waals surface area contributed by atoms with E-state index >= 15 is 0 Å². The third-order valence-corrected chi connectivity index (χ3v) is 3.63. The lowest BCUT2D eigenvalue weighted by Gasteiger charge is -2.16. The van der Waals surface area contributed by atoms with E-state index in [9.17, 15) is 9.59 Å². The van der Waals surface area contributed by atoms with Crippen LogP contribution in [0.4, 0.5) is 4.79 Å². The molecule has 0 radical (unpaired) electrons. The SMILES string of the molecule is CC[C@@H](C)[C@@H]1NC(=O)N(CCCn2ccnc2)C1=O. The van der Waals surface area contributed by atoms with Gasteiger partial charge in [-0.15, -0.1) is 0 Å². The van der Waals surface area contributed by atoms with Gasteiger partial charge in [-0.25, -0.2) is 9.78 Å². The number of carbonyl (C=O) groups excluding carboxylic acids is 2. The minimum Gasteiger partial charge on any atom is -0.337 e. The summed E-state index contributed by atoms with van der Waals surface area (Å²) < 4.78 is 1.94. The average molecular weight is 264 g/mol. The molecule has 1 aromatic rings. The van der Waals surface area contributed by atoms with Crippen LogP contribution in [0.25, 0.3) is 0 Å². The zero-order valence-corrected chi connectivity index (χ0v) is 11.4. The summed E-state index contributed by atoms with van der Waals surface area (Å²) in [6.07, 6.45) is 6.93. The van der Waals surface area contributed by atoms with Crippen LogP contribution in [0.15, 0.2) is 18.7 Å². The van der Waals surface area contributed by atoms with Gasteiger partial charge >= 0.3 is 6.03 Å². The molecule has 6 heteroatoms. The second-order valence-electron chi connectivity index (χ2n) is 4.96. The maximum atomic E-state index is 12.1. The molecule has 1 fully saturated rings. The molecule has 0 aliphatic carbocycles. The minimum atomic E-state index is -0.356. The maximum Gasteiger partial charge on any atom is 0.324 e. The van der Waals surface area contributed by atoms with Gasteiger partial charge in [0.25, 0.3) is 5.91 Å². The molecule has 0 unspecified atom stereocenters. The highest BCUT2D eigenvalue weighted by Crippen LogP contribution is 2.17. The predicted octanol–water partition coefficient (Wildman–Crippen LogP) is 1.24. The Bertz CT molecular complexity index is 444. The molecule has 2 heterocycles. The van der Waals surface area contributed by atoms with E-state index in [1.807, 2.05) is 24.6 Å². The Hall–Kier alpha value is -1.85. The van der Waals surface area contributed by atoms with Crippen molar-refractivity contribution in [1.29, 1.82) is 0 Å². The van der Waals surface area contributed by atoms with Crippen LogP contribution in [0.2, 0.25) is 0 Å². The van der Waals surface area contributed by atoms with Crippen molar-refractivity contribution in [2.75, 3.05) is 6.54 Å². The molecule has 0 bridgehead atoms. The summed E-state index contributed by atoms with van der Waals surface area (Å²) in [6, 6.07) is -0.619. The Balaban J connectivity index is 1.86. The van der Waals surface area contributed by atoms with Crippen LogP contribution in [-0.4, -0.2) is 39.0 Å². The van der Waals surface area contributed by atoms with Crippen molar-refractivity contribution in [2.45, 2.75) is 39.3 Å². The molecule has 0 saturated carbocycles. The topological polar surface area (TPSA) is 67.2 Å². The zero-order valence-electron chi connectivity index (χ0n) is 11.4. The lowest BCUT2D eigenvalue weighted by Crippen LogP contribution is -2.36. The number of aryl methyl sites for hydroxylation is 1. The van der Waals surface area contributed by atoms with Crippen molar-refractivity contribution in [3.05, 3.63) is 18.7 Å². The molecule has 2 rings (SSSR count). The molecule has 1 saturated heterocycles. The normalized spacial score (nSPS) is 20.7. The third kappa shape index (κ3) is 2.94. The van der Waals surface area contributed by atoms with Crippen molar-refractivity contribution >= 4 is 11.9 Å². The summed E-state index contributed by atoms with van der Waals surface area (Å²) >= 11 is 0. The molecule has 0 spiro atoms. The van der Waals surface area contributed by atoms with E-state index in [4.69, 9.17) is 0 Å². The number of hydrogen-bond acceptors (Lipinski definition) is 3. The van der Waals surface area contributed by atoms with Crippen molar-refractivity contribution < 1.29 is 9.59 Å². The maximum absolute atomic E-state index is 12.1. The molecular formula is C13H20N4O2. The first-order valence-electron chi connectivity index (χ1n) is 6.71. The van der Waals surface area contributed by atoms with Crippen LogP contribution < -0.4 is 5.32 Å². The van der Waals surface area contributed by atoms with Crippen LogP contribution in [0.1, 0.15) is 26.7 Å². The van der Waals surface area contributed by atoms with Crippen LogP contribution >= 0.6 is 0 Å². The molecule has 1 aliphatic rings. The average Bonchev–Trinajstić information content (AvgIpc) is 3.00. The van der Waals surface area contributed by atoms with Crippen molar-refractivity contribution in [1.82, 2.24) is 19.8 Å². The quantitative estimate of drug-likeness (QED) is 0.786. The van der Waals surface area contributed by atoms with Crippen molar-refractivity contribution in [2.24, 2.45) is 5.92 Å². The molecule has 0 aromatic carbocycles. The number of rotatable bonds is 6. The summed E-state index contributed by atoms with van der Waals surface area (Å²) in [6.45, 7) is 5.21. The molecule has 104 valence electrons. The summed E-state index contributed by atoms with van der Waals surface area (Å²) in [5.74, 6) is 0.0834. The second kappa shape index (κ2) is 5.86. The number of hydrogen-bond donors (Lipinski definition) is 1. The number of nitrogens with one attached hydrogen (secondary N) is 1. The fraction of sp³-hybridized carbons (Fsp3) is 0.615. The Morgan fingerprint density at radius 2 is 2.21 bits per heavy atom. The zero-order chi connectivity index (χ0) is 13.8. The number of urea groups is 1. The Morgan fingerprint density at radius 3 is 2.84 bits per heavy atom. The molecule has 6 nitrogen and oxygen atoms in total. The molecule has 19 heavy (non-hydrogen) atoms. The number of amides is 3. The minimum absolute atomic E-state index is 0.0926. The third-order valence-electron chi connectivity index (χ3n) is 3.63. The first-order valence-corrected chi connectivity index (χ1v) is 6.71. The van der Waals surface area contributed by atoms with E-state index in [-0.39, 0.29) is 23.9 Å². The number of imide groups is 1. The van der Waals surface area contributed by atoms with Crippen molar-refractivity contribution in [3.8, 4) is 0 Å². The van der Waals surface area contributed by atoms with Gasteiger partial charge in [0.15, 0.2) is 0 Å². The number of imidazole rings is 1. The predicted molar refractivity (Wildman–Crippen MR) is 70.3 cm³/mol. The summed E-state index contributed by atoms with van der Waals surface area (Å²) in [4.78, 5) is 29.2. The van der Waals surface area contributed by atoms with E-state index in [1.54, 1.807) is 12.5 Å². The highest BCUT2D eigenvalue weighted by Gasteiger charge is 2.39. The number of aromatic nitrogens is 2. The smallest absolute Gasteiger partial charge is 0.324 e. The first-order chi connectivity index (χ1) is 9.13. The largest absolute Gasteiger partial charge is 0.337 e. The van der Waals surface area contributed by atoms with E-state index in [0.29, 0.717) is 6.54 Å². The number of nitrogens with zero attached hydrogens (tertiary/aromatic N) is 3. The summed E-state index contributed by atoms with van der Waals surface area (Å²) in [5.41, 5.74) is 0. The van der Waals surface area contributed by atoms with Gasteiger partial charge in [-0.3, -0.25) is 9.69 Å². The van der Waals surface area contributed by atoms with Gasteiger partial charge in [0, 0.05) is 25.5 Å². The number of carbonyl (C=O) groups is 2. The molecule has 1 aliphatic heterocycles. The Morgan fingerprint density at radius 1 is 1.42 bits per heavy atom. The molecule has 1 aromatic heterocycles. The monoisotopic (exact) mass is 264 g/mol. The standard InChI is InChI=1S/C13H20N4O2/c1-3-10(2)11-12(18)17(13(19)15-11)7-4-6-16-8-5-14-9-16/h5,8-11H,3-4,6-7H2,1-2H3,(H,15,19)/t10-,11+/m1/s1. The van der Waals surface area contributed by atoms with Gasteiger partial charge in [-0.1, -0.05) is 20.3 Å². The van der Waals surface area contributed by atoms with Crippen LogP contribution in [0, 0.1) is 5.92 Å². The molecule has 3 amide bonds. The Labute approximate surface area is 112 Å². The van der Waals surface area contributed by atoms with Gasteiger partial charge < -0.3 is 9.88 Å². The highest BCUT2D eigenvalue weighted by atomic mass is 16.2. The van der Waals surface area contributed by atoms with Gasteiger partial charge in [-0.05, 0) is 12.3 Å². The Kier molecular flexibility index (Phi) is 4.19.